The molecule has 4 heterocycles. The van der Waals surface area contributed by atoms with Gasteiger partial charge in [-0.1, -0.05) is 19.1 Å². The number of hydrogen-bond donors (Lipinski definition) is 3. The molecule has 10 nitrogen and oxygen atoms in total. The summed E-state index contributed by atoms with van der Waals surface area (Å²) in [5.41, 5.74) is 0.599. The summed E-state index contributed by atoms with van der Waals surface area (Å²) in [6, 6.07) is 12.7. The molecule has 6 atom stereocenters. The summed E-state index contributed by atoms with van der Waals surface area (Å²) in [6.45, 7) is 7.32. The van der Waals surface area contributed by atoms with Gasteiger partial charge in [0.15, 0.2) is 5.60 Å². The number of amides is 3. The van der Waals surface area contributed by atoms with Crippen LogP contribution >= 0.6 is 0 Å². The monoisotopic (exact) mass is 666 g/mol. The maximum atomic E-state index is 16.3. The van der Waals surface area contributed by atoms with Gasteiger partial charge in [-0.2, -0.15) is 0 Å². The van der Waals surface area contributed by atoms with E-state index in [1.54, 1.807) is 42.1 Å². The molecule has 3 fully saturated rings. The number of anilines is 2. The topological polar surface area (TPSA) is 120 Å². The fourth-order valence-corrected chi connectivity index (χ4v) is 10.9. The van der Waals surface area contributed by atoms with E-state index in [9.17, 15) is 19.5 Å². The molecular weight excluding hydrogens is 619 g/mol. The van der Waals surface area contributed by atoms with E-state index < -0.39 is 31.6 Å². The Labute approximate surface area is 277 Å². The van der Waals surface area contributed by atoms with Crippen molar-refractivity contribution in [3.05, 3.63) is 53.6 Å². The molecule has 0 aliphatic carbocycles. The van der Waals surface area contributed by atoms with Gasteiger partial charge in [-0.3, -0.25) is 14.4 Å². The number of piperidine rings is 1. The summed E-state index contributed by atoms with van der Waals surface area (Å²) in [5.74, 6) is -0.617. The molecule has 0 saturated carbocycles. The molecule has 4 aliphatic heterocycles. The number of ether oxygens (including phenoxy) is 2. The van der Waals surface area contributed by atoms with Crippen LogP contribution in [0.3, 0.4) is 0 Å². The predicted octanol–water partition coefficient (Wildman–Crippen LogP) is 4.33. The Kier molecular flexibility index (Phi) is 9.50. The molecule has 254 valence electrons. The van der Waals surface area contributed by atoms with Crippen molar-refractivity contribution in [3.8, 4) is 5.75 Å². The van der Waals surface area contributed by atoms with Gasteiger partial charge >= 0.3 is 0 Å². The van der Waals surface area contributed by atoms with Gasteiger partial charge in [0.05, 0.1) is 50.4 Å². The number of nitrogens with zero attached hydrogens (tertiary/aromatic N) is 2. The van der Waals surface area contributed by atoms with Crippen LogP contribution in [0.4, 0.5) is 15.5 Å². The molecule has 4 aliphatic rings. The van der Waals surface area contributed by atoms with Crippen molar-refractivity contribution >= 4 is 37.5 Å². The molecule has 3 N–H and O–H groups in total. The number of rotatable bonds is 9. The minimum absolute atomic E-state index is 0.0277. The number of carbonyl (C=O) groups excluding carboxylic acids is 3. The van der Waals surface area contributed by atoms with Crippen LogP contribution in [-0.4, -0.2) is 81.6 Å². The second kappa shape index (κ2) is 13.3. The van der Waals surface area contributed by atoms with E-state index in [0.717, 1.165) is 37.8 Å². The molecule has 1 spiro atoms. The van der Waals surface area contributed by atoms with Crippen LogP contribution in [0, 0.1) is 11.8 Å². The summed E-state index contributed by atoms with van der Waals surface area (Å²) in [7, 11) is -1.92. The number of aliphatic hydroxyl groups is 1. The zero-order valence-corrected chi connectivity index (χ0v) is 28.8. The predicted molar refractivity (Wildman–Crippen MR) is 179 cm³/mol. The summed E-state index contributed by atoms with van der Waals surface area (Å²) < 4.78 is 28.6. The van der Waals surface area contributed by atoms with Crippen LogP contribution in [0.25, 0.3) is 0 Å². The number of hydrogen-bond acceptors (Lipinski definition) is 7. The molecule has 2 aromatic rings. The molecule has 47 heavy (non-hydrogen) atoms. The molecule has 3 saturated heterocycles. The minimum atomic E-state index is -3.47. The zero-order chi connectivity index (χ0) is 33.5. The number of aliphatic hydroxyl groups excluding tert-OH is 1. The number of carbonyl (C=O) groups is 3. The van der Waals surface area contributed by atoms with Crippen LogP contribution in [0.15, 0.2) is 42.5 Å². The molecule has 0 radical (unpaired) electrons. The van der Waals surface area contributed by atoms with E-state index in [1.807, 2.05) is 37.3 Å². The molecule has 0 aromatic heterocycles. The zero-order valence-electron chi connectivity index (χ0n) is 27.8. The second-order valence-electron chi connectivity index (χ2n) is 14.0. The summed E-state index contributed by atoms with van der Waals surface area (Å²) in [6.07, 6.45) is 2.47. The lowest BCUT2D eigenvalue weighted by molar-refractivity contribution is -0.150. The largest absolute Gasteiger partial charge is 0.497 e. The van der Waals surface area contributed by atoms with Crippen molar-refractivity contribution in [2.75, 3.05) is 43.6 Å². The standard InChI is InChI=1S/C35H47FN4O6Si/c1-22-32(47(3,4)36)30(18-31(42)39-15-7-11-26(39)21-41)46-35(22)28-17-27(45-2)12-13-29(28)40(34(35)44)20-23-8-5-10-25(16-23)38-33(43)24-9-6-14-37-19-24/h5,8,10,12-13,16-17,22,24,26,30,32,37,41H,6-7,9,11,14-15,18-21H2,1-4H3,(H,38,43)/t22-,24?,26+,30+,32-,35+/m1/s1. The number of likely N-dealkylation sites (tertiary alicyclic amines) is 1. The van der Waals surface area contributed by atoms with E-state index in [-0.39, 0.29) is 49.3 Å². The Hall–Kier alpha value is -3.32. The lowest BCUT2D eigenvalue weighted by atomic mass is 9.82. The highest BCUT2D eigenvalue weighted by Gasteiger charge is 2.67. The van der Waals surface area contributed by atoms with Crippen molar-refractivity contribution < 1.29 is 33.1 Å². The normalized spacial score (nSPS) is 29.0. The molecular formula is C35H47FN4O6Si. The molecule has 3 amide bonds. The molecule has 1 unspecified atom stereocenters. The van der Waals surface area contributed by atoms with Gasteiger partial charge in [-0.25, -0.2) is 0 Å². The Morgan fingerprint density at radius 1 is 1.19 bits per heavy atom. The van der Waals surface area contributed by atoms with Gasteiger partial charge in [0.25, 0.3) is 5.91 Å². The Balaban J connectivity index is 1.31. The summed E-state index contributed by atoms with van der Waals surface area (Å²) in [4.78, 5) is 44.6. The first-order valence-electron chi connectivity index (χ1n) is 16.9. The third-order valence-corrected chi connectivity index (χ3v) is 13.1. The van der Waals surface area contributed by atoms with Crippen molar-refractivity contribution in [2.45, 2.75) is 82.0 Å². The van der Waals surface area contributed by atoms with Crippen molar-refractivity contribution in [1.82, 2.24) is 10.2 Å². The van der Waals surface area contributed by atoms with Gasteiger partial charge < -0.3 is 39.1 Å². The first kappa shape index (κ1) is 33.6. The average molecular weight is 667 g/mol. The number of nitrogens with one attached hydrogen (secondary N) is 2. The molecule has 12 heteroatoms. The third kappa shape index (κ3) is 6.21. The first-order chi connectivity index (χ1) is 22.5. The summed E-state index contributed by atoms with van der Waals surface area (Å²) in [5, 5.41) is 16.2. The fraction of sp³-hybridized carbons (Fsp3) is 0.571. The van der Waals surface area contributed by atoms with Crippen LogP contribution in [0.5, 0.6) is 5.75 Å². The van der Waals surface area contributed by atoms with Gasteiger partial charge in [-0.05, 0) is 81.2 Å². The van der Waals surface area contributed by atoms with Crippen LogP contribution < -0.4 is 20.3 Å². The quantitative estimate of drug-likeness (QED) is 0.269. The Morgan fingerprint density at radius 3 is 2.70 bits per heavy atom. The lowest BCUT2D eigenvalue weighted by Crippen LogP contribution is -2.45. The fourth-order valence-electron chi connectivity index (χ4n) is 8.40. The lowest BCUT2D eigenvalue weighted by Gasteiger charge is -2.31. The number of methoxy groups -OCH3 is 1. The van der Waals surface area contributed by atoms with E-state index in [0.29, 0.717) is 35.8 Å². The van der Waals surface area contributed by atoms with Crippen molar-refractivity contribution in [1.29, 1.82) is 0 Å². The number of fused-ring (bicyclic) bond motifs is 2. The van der Waals surface area contributed by atoms with E-state index in [1.165, 1.54) is 0 Å². The van der Waals surface area contributed by atoms with E-state index in [2.05, 4.69) is 10.6 Å². The Bertz CT molecular complexity index is 1510. The smallest absolute Gasteiger partial charge is 0.264 e. The maximum absolute atomic E-state index is 16.3. The van der Waals surface area contributed by atoms with Crippen LogP contribution in [0.1, 0.15) is 50.2 Å². The Morgan fingerprint density at radius 2 is 2.00 bits per heavy atom. The van der Waals surface area contributed by atoms with Gasteiger partial charge in [0, 0.05) is 35.8 Å². The summed E-state index contributed by atoms with van der Waals surface area (Å²) >= 11 is 0. The van der Waals surface area contributed by atoms with E-state index >= 15 is 4.11 Å². The number of benzene rings is 2. The average Bonchev–Trinajstić information content (AvgIpc) is 3.72. The van der Waals surface area contributed by atoms with Crippen molar-refractivity contribution in [3.63, 3.8) is 0 Å². The van der Waals surface area contributed by atoms with Crippen molar-refractivity contribution in [2.24, 2.45) is 11.8 Å². The van der Waals surface area contributed by atoms with Gasteiger partial charge in [0.2, 0.25) is 20.2 Å². The molecule has 2 aromatic carbocycles. The highest BCUT2D eigenvalue weighted by atomic mass is 28.4. The minimum Gasteiger partial charge on any atom is -0.497 e. The van der Waals surface area contributed by atoms with Gasteiger partial charge in [0.1, 0.15) is 5.75 Å². The second-order valence-corrected chi connectivity index (χ2v) is 17.8. The maximum Gasteiger partial charge on any atom is 0.264 e. The highest BCUT2D eigenvalue weighted by molar-refractivity contribution is 6.72. The van der Waals surface area contributed by atoms with Crippen LogP contribution in [-0.2, 0) is 31.3 Å². The highest BCUT2D eigenvalue weighted by Crippen LogP contribution is 2.60. The van der Waals surface area contributed by atoms with E-state index in [4.69, 9.17) is 9.47 Å². The molecule has 0 bridgehead atoms. The number of halogens is 1. The third-order valence-electron chi connectivity index (χ3n) is 10.7. The first-order valence-corrected chi connectivity index (χ1v) is 19.8. The molecule has 6 rings (SSSR count). The van der Waals surface area contributed by atoms with Gasteiger partial charge in [-0.15, -0.1) is 0 Å². The SMILES string of the molecule is COc1ccc2c(c1)[C@]1(O[C@@H](CC(=O)N3CCC[C@H]3CO)[C@H]([Si](C)(C)F)[C@H]1C)C(=O)N2Cc1cccc(NC(=O)C2CCCNC2)c1. The van der Waals surface area contributed by atoms with Crippen LogP contribution in [0.2, 0.25) is 18.6 Å².